The largest absolute Gasteiger partial charge is 0.368 e. The van der Waals surface area contributed by atoms with Crippen molar-refractivity contribution in [1.29, 1.82) is 0 Å². The van der Waals surface area contributed by atoms with Gasteiger partial charge in [0.15, 0.2) is 5.69 Å². The van der Waals surface area contributed by atoms with Gasteiger partial charge < -0.3 is 15.1 Å². The van der Waals surface area contributed by atoms with Gasteiger partial charge in [0.05, 0.1) is 6.42 Å². The number of amides is 2. The van der Waals surface area contributed by atoms with Crippen molar-refractivity contribution in [3.8, 4) is 0 Å². The van der Waals surface area contributed by atoms with E-state index in [1.165, 1.54) is 10.4 Å². The summed E-state index contributed by atoms with van der Waals surface area (Å²) in [5, 5.41) is 7.17. The van der Waals surface area contributed by atoms with Gasteiger partial charge in [-0.25, -0.2) is 0 Å². The van der Waals surface area contributed by atoms with Gasteiger partial charge in [-0.1, -0.05) is 48.5 Å². The quantitative estimate of drug-likeness (QED) is 0.711. The monoisotopic (exact) mass is 403 g/mol. The van der Waals surface area contributed by atoms with E-state index >= 15 is 0 Å². The van der Waals surface area contributed by atoms with E-state index in [-0.39, 0.29) is 18.2 Å². The molecule has 1 aromatic heterocycles. The first-order valence-corrected chi connectivity index (χ1v) is 10.1. The molecule has 3 aromatic rings. The first kappa shape index (κ1) is 19.7. The average Bonchev–Trinajstić information content (AvgIpc) is 3.14. The zero-order valence-electron chi connectivity index (χ0n) is 17.0. The molecule has 0 atom stereocenters. The predicted octanol–water partition coefficient (Wildman–Crippen LogP) is 2.56. The number of para-hydroxylation sites is 1. The number of benzene rings is 2. The molecule has 7 heteroatoms. The van der Waals surface area contributed by atoms with Crippen LogP contribution in [0.15, 0.2) is 66.7 Å². The molecule has 1 saturated heterocycles. The number of aromatic nitrogens is 2. The first-order valence-electron chi connectivity index (χ1n) is 10.1. The summed E-state index contributed by atoms with van der Waals surface area (Å²) >= 11 is 0. The highest BCUT2D eigenvalue weighted by Crippen LogP contribution is 2.18. The average molecular weight is 403 g/mol. The molecule has 4 rings (SSSR count). The Hall–Kier alpha value is -3.61. The van der Waals surface area contributed by atoms with Gasteiger partial charge in [-0.05, 0) is 17.7 Å². The van der Waals surface area contributed by atoms with Crippen molar-refractivity contribution in [3.63, 3.8) is 0 Å². The smallest absolute Gasteiger partial charge is 0.274 e. The number of nitrogens with one attached hydrogen (secondary N) is 1. The molecule has 0 unspecified atom stereocenters. The second-order valence-electron chi connectivity index (χ2n) is 7.36. The third-order valence-corrected chi connectivity index (χ3v) is 5.26. The molecule has 0 radical (unpaired) electrons. The van der Waals surface area contributed by atoms with E-state index in [4.69, 9.17) is 0 Å². The van der Waals surface area contributed by atoms with Crippen molar-refractivity contribution < 1.29 is 9.59 Å². The summed E-state index contributed by atoms with van der Waals surface area (Å²) in [6.07, 6.45) is 0.275. The molecule has 1 fully saturated rings. The molecule has 1 aliphatic heterocycles. The fraction of sp³-hybridized carbons (Fsp3) is 0.261. The molecule has 0 saturated carbocycles. The van der Waals surface area contributed by atoms with E-state index in [1.807, 2.05) is 53.4 Å². The highest BCUT2D eigenvalue weighted by Gasteiger charge is 2.25. The number of hydrogen-bond donors (Lipinski definition) is 1. The maximum atomic E-state index is 12.9. The lowest BCUT2D eigenvalue weighted by Gasteiger charge is -2.35. The molecule has 0 spiro atoms. The van der Waals surface area contributed by atoms with E-state index in [2.05, 4.69) is 27.4 Å². The third kappa shape index (κ3) is 4.51. The number of hydrogen-bond acceptors (Lipinski definition) is 4. The molecule has 7 nitrogen and oxygen atoms in total. The van der Waals surface area contributed by atoms with Crippen LogP contribution in [0.4, 0.5) is 11.5 Å². The molecule has 2 heterocycles. The zero-order chi connectivity index (χ0) is 20.9. The van der Waals surface area contributed by atoms with Crippen LogP contribution in [0.5, 0.6) is 0 Å². The number of aryl methyl sites for hydroxylation is 1. The Morgan fingerprint density at radius 3 is 2.23 bits per heavy atom. The molecule has 154 valence electrons. The molecular formula is C23H25N5O2. The Labute approximate surface area is 175 Å². The summed E-state index contributed by atoms with van der Waals surface area (Å²) in [4.78, 5) is 29.3. The minimum absolute atomic E-state index is 0.109. The standard InChI is InChI=1S/C23H25N5O2/c1-26-21(24-22(29)16-18-8-4-2-5-9-18)17-20(25-26)23(30)28-14-12-27(13-15-28)19-10-6-3-7-11-19/h2-11,17H,12-16H2,1H3,(H,24,29). The van der Waals surface area contributed by atoms with Crippen LogP contribution < -0.4 is 10.2 Å². The van der Waals surface area contributed by atoms with Crippen LogP contribution in [0.3, 0.4) is 0 Å². The van der Waals surface area contributed by atoms with Crippen LogP contribution >= 0.6 is 0 Å². The normalized spacial score (nSPS) is 13.9. The highest BCUT2D eigenvalue weighted by molar-refractivity contribution is 5.96. The molecule has 1 aliphatic rings. The summed E-state index contributed by atoms with van der Waals surface area (Å²) in [6.45, 7) is 2.84. The molecule has 0 bridgehead atoms. The highest BCUT2D eigenvalue weighted by atomic mass is 16.2. The van der Waals surface area contributed by atoms with Gasteiger partial charge in [-0.2, -0.15) is 5.10 Å². The van der Waals surface area contributed by atoms with E-state index in [1.54, 1.807) is 13.1 Å². The molecule has 2 aromatic carbocycles. The number of piperazine rings is 1. The van der Waals surface area contributed by atoms with Gasteiger partial charge in [0.1, 0.15) is 5.82 Å². The number of nitrogens with zero attached hydrogens (tertiary/aromatic N) is 4. The number of rotatable bonds is 5. The van der Waals surface area contributed by atoms with E-state index < -0.39 is 0 Å². The zero-order valence-corrected chi connectivity index (χ0v) is 17.0. The van der Waals surface area contributed by atoms with Crippen molar-refractivity contribution in [2.75, 3.05) is 36.4 Å². The second kappa shape index (κ2) is 8.82. The summed E-state index contributed by atoms with van der Waals surface area (Å²) in [5.41, 5.74) is 2.45. The molecule has 0 aliphatic carbocycles. The SMILES string of the molecule is Cn1nc(C(=O)N2CCN(c3ccccc3)CC2)cc1NC(=O)Cc1ccccc1. The van der Waals surface area contributed by atoms with E-state index in [0.717, 1.165) is 18.7 Å². The molecule has 30 heavy (non-hydrogen) atoms. The Kier molecular flexibility index (Phi) is 5.79. The second-order valence-corrected chi connectivity index (χ2v) is 7.36. The number of carbonyl (C=O) groups excluding carboxylic acids is 2. The van der Waals surface area contributed by atoms with Gasteiger partial charge in [0.2, 0.25) is 5.91 Å². The predicted molar refractivity (Wildman–Crippen MR) is 117 cm³/mol. The van der Waals surface area contributed by atoms with Crippen molar-refractivity contribution in [3.05, 3.63) is 78.0 Å². The summed E-state index contributed by atoms with van der Waals surface area (Å²) in [5.74, 6) is 0.267. The van der Waals surface area contributed by atoms with Crippen LogP contribution in [-0.4, -0.2) is 52.7 Å². The fourth-order valence-corrected chi connectivity index (χ4v) is 3.63. The summed E-state index contributed by atoms with van der Waals surface area (Å²) in [7, 11) is 1.72. The van der Waals surface area contributed by atoms with Crippen molar-refractivity contribution in [2.45, 2.75) is 6.42 Å². The maximum Gasteiger partial charge on any atom is 0.274 e. The Balaban J connectivity index is 1.36. The van der Waals surface area contributed by atoms with E-state index in [9.17, 15) is 9.59 Å². The van der Waals surface area contributed by atoms with E-state index in [0.29, 0.717) is 24.6 Å². The minimum Gasteiger partial charge on any atom is -0.368 e. The number of anilines is 2. The molecule has 1 N–H and O–H groups in total. The topological polar surface area (TPSA) is 70.5 Å². The van der Waals surface area contributed by atoms with Gasteiger partial charge in [0, 0.05) is 45.0 Å². The van der Waals surface area contributed by atoms with Crippen molar-refractivity contribution in [2.24, 2.45) is 7.05 Å². The van der Waals surface area contributed by atoms with Gasteiger partial charge in [-0.15, -0.1) is 0 Å². The van der Waals surface area contributed by atoms with Crippen LogP contribution in [-0.2, 0) is 18.3 Å². The lowest BCUT2D eigenvalue weighted by molar-refractivity contribution is -0.115. The van der Waals surface area contributed by atoms with Crippen molar-refractivity contribution in [1.82, 2.24) is 14.7 Å². The minimum atomic E-state index is -0.139. The fourth-order valence-electron chi connectivity index (χ4n) is 3.63. The first-order chi connectivity index (χ1) is 14.6. The Morgan fingerprint density at radius 1 is 0.933 bits per heavy atom. The van der Waals surface area contributed by atoms with Crippen LogP contribution in [0.25, 0.3) is 0 Å². The van der Waals surface area contributed by atoms with Gasteiger partial charge in [-0.3, -0.25) is 14.3 Å². The Bertz CT molecular complexity index is 1010. The van der Waals surface area contributed by atoms with Crippen LogP contribution in [0.1, 0.15) is 16.1 Å². The maximum absolute atomic E-state index is 12.9. The Morgan fingerprint density at radius 2 is 1.57 bits per heavy atom. The third-order valence-electron chi connectivity index (χ3n) is 5.26. The van der Waals surface area contributed by atoms with Crippen LogP contribution in [0, 0.1) is 0 Å². The lowest BCUT2D eigenvalue weighted by Crippen LogP contribution is -2.48. The molecular weight excluding hydrogens is 378 g/mol. The van der Waals surface area contributed by atoms with Gasteiger partial charge in [0.25, 0.3) is 5.91 Å². The molecule has 2 amide bonds. The van der Waals surface area contributed by atoms with Gasteiger partial charge >= 0.3 is 0 Å². The summed E-state index contributed by atoms with van der Waals surface area (Å²) < 4.78 is 1.54. The summed E-state index contributed by atoms with van der Waals surface area (Å²) in [6, 6.07) is 21.4. The van der Waals surface area contributed by atoms with Crippen LogP contribution in [0.2, 0.25) is 0 Å². The number of carbonyl (C=O) groups is 2. The lowest BCUT2D eigenvalue weighted by atomic mass is 10.1. The van der Waals surface area contributed by atoms with Crippen molar-refractivity contribution >= 4 is 23.3 Å².